The van der Waals surface area contributed by atoms with Crippen molar-refractivity contribution in [3.8, 4) is 23.6 Å². The van der Waals surface area contributed by atoms with Crippen LogP contribution < -0.4 is 19.7 Å². The number of hydrogen-bond donors (Lipinski definition) is 1. The molecule has 2 saturated heterocycles. The number of pyridine rings is 2. The van der Waals surface area contributed by atoms with Crippen LogP contribution in [-0.4, -0.2) is 98.4 Å². The SMILES string of the molecule is CN1CCN(c2cncc(OC3CCC(Cc4ccc(C#N)c(C(F)(F)F)c4)CC3)c2)CC1.CN1CCNCC1.N#Cc1ccc(CC2CCC(Oc3cncc(Br)c3)CC2)cc1C(F)(F)F. The number of nitrogens with zero attached hydrogens (tertiary/aromatic N) is 7. The summed E-state index contributed by atoms with van der Waals surface area (Å²) < 4.78 is 92.1. The van der Waals surface area contributed by atoms with E-state index in [1.807, 2.05) is 12.3 Å². The minimum absolute atomic E-state index is 0.0949. The average molecular weight is 998 g/mol. The van der Waals surface area contributed by atoms with Crippen molar-refractivity contribution < 1.29 is 35.8 Å². The number of nitrogens with one attached hydrogen (secondary N) is 1. The lowest BCUT2D eigenvalue weighted by molar-refractivity contribution is -0.138. The molecule has 0 atom stereocenters. The molecule has 17 heteroatoms. The molecule has 2 aliphatic carbocycles. The van der Waals surface area contributed by atoms with Crippen LogP contribution in [-0.2, 0) is 25.2 Å². The van der Waals surface area contributed by atoms with Crippen LogP contribution in [0, 0.1) is 34.5 Å². The Balaban J connectivity index is 0.000000195. The van der Waals surface area contributed by atoms with Gasteiger partial charge in [-0.25, -0.2) is 0 Å². The number of benzene rings is 2. The number of halogens is 7. The van der Waals surface area contributed by atoms with Gasteiger partial charge >= 0.3 is 12.4 Å². The zero-order valence-corrected chi connectivity index (χ0v) is 39.6. The molecule has 4 aliphatic rings. The summed E-state index contributed by atoms with van der Waals surface area (Å²) in [6.07, 6.45) is 6.38. The minimum Gasteiger partial charge on any atom is -0.489 e. The Morgan fingerprint density at radius 3 is 1.48 bits per heavy atom. The van der Waals surface area contributed by atoms with Crippen LogP contribution in [0.2, 0.25) is 0 Å². The van der Waals surface area contributed by atoms with Crippen molar-refractivity contribution in [1.82, 2.24) is 25.1 Å². The summed E-state index contributed by atoms with van der Waals surface area (Å²) in [7, 11) is 4.28. The van der Waals surface area contributed by atoms with Crippen LogP contribution >= 0.6 is 15.9 Å². The third-order valence-corrected chi connectivity index (χ3v) is 13.3. The van der Waals surface area contributed by atoms with Gasteiger partial charge < -0.3 is 29.5 Å². The molecule has 2 aliphatic heterocycles. The van der Waals surface area contributed by atoms with Crippen molar-refractivity contribution >= 4 is 21.6 Å². The maximum absolute atomic E-state index is 13.2. The summed E-state index contributed by atoms with van der Waals surface area (Å²) in [6.45, 7) is 8.74. The topological polar surface area (TPSA) is 114 Å². The first-order valence-corrected chi connectivity index (χ1v) is 23.8. The van der Waals surface area contributed by atoms with E-state index in [0.717, 1.165) is 124 Å². The normalized spacial score (nSPS) is 21.6. The van der Waals surface area contributed by atoms with Crippen molar-refractivity contribution in [3.05, 3.63) is 111 Å². The summed E-state index contributed by atoms with van der Waals surface area (Å²) in [6, 6.07) is 15.3. The van der Waals surface area contributed by atoms with Crippen molar-refractivity contribution in [2.45, 2.75) is 88.8 Å². The summed E-state index contributed by atoms with van der Waals surface area (Å²) in [5, 5.41) is 21.1. The number of nitriles is 2. The summed E-state index contributed by atoms with van der Waals surface area (Å²) in [5.41, 5.74) is 0.00270. The molecule has 4 aromatic rings. The Hall–Kier alpha value is -4.94. The van der Waals surface area contributed by atoms with Crippen LogP contribution in [0.4, 0.5) is 32.0 Å². The van der Waals surface area contributed by atoms with E-state index < -0.39 is 23.5 Å². The van der Waals surface area contributed by atoms with Crippen LogP contribution in [0.25, 0.3) is 0 Å². The number of alkyl halides is 6. The van der Waals surface area contributed by atoms with Gasteiger partial charge in [-0.2, -0.15) is 36.9 Å². The quantitative estimate of drug-likeness (QED) is 0.163. The van der Waals surface area contributed by atoms with Crippen molar-refractivity contribution in [3.63, 3.8) is 0 Å². The molecule has 67 heavy (non-hydrogen) atoms. The van der Waals surface area contributed by atoms with Gasteiger partial charge in [0.15, 0.2) is 0 Å². The van der Waals surface area contributed by atoms with E-state index >= 15 is 0 Å². The van der Waals surface area contributed by atoms with Crippen LogP contribution in [0.1, 0.15) is 84.7 Å². The summed E-state index contributed by atoms with van der Waals surface area (Å²) in [4.78, 5) is 15.4. The number of rotatable bonds is 9. The van der Waals surface area contributed by atoms with Gasteiger partial charge in [-0.1, -0.05) is 12.1 Å². The monoisotopic (exact) mass is 996 g/mol. The average Bonchev–Trinajstić information content (AvgIpc) is 3.31. The van der Waals surface area contributed by atoms with Crippen molar-refractivity contribution in [2.24, 2.45) is 11.8 Å². The molecule has 0 radical (unpaired) electrons. The van der Waals surface area contributed by atoms with Crippen molar-refractivity contribution in [1.29, 1.82) is 10.5 Å². The van der Waals surface area contributed by atoms with Crippen molar-refractivity contribution in [2.75, 3.05) is 71.4 Å². The third-order valence-electron chi connectivity index (χ3n) is 12.8. The molecule has 360 valence electrons. The van der Waals surface area contributed by atoms with Gasteiger partial charge in [-0.15, -0.1) is 0 Å². The summed E-state index contributed by atoms with van der Waals surface area (Å²) in [5.74, 6) is 2.12. The third kappa shape index (κ3) is 16.1. The second kappa shape index (κ2) is 24.4. The Kier molecular flexibility index (Phi) is 18.7. The molecule has 8 rings (SSSR count). The fraction of sp³-hybridized carbons (Fsp3) is 0.520. The van der Waals surface area contributed by atoms with Gasteiger partial charge in [0, 0.05) is 69.1 Å². The predicted octanol–water partition coefficient (Wildman–Crippen LogP) is 10.3. The molecule has 2 aromatic heterocycles. The number of aromatic nitrogens is 2. The maximum atomic E-state index is 13.2. The van der Waals surface area contributed by atoms with Crippen LogP contribution in [0.3, 0.4) is 0 Å². The first-order chi connectivity index (χ1) is 32.1. The minimum atomic E-state index is -4.51. The Morgan fingerprint density at radius 2 is 1.06 bits per heavy atom. The van der Waals surface area contributed by atoms with Gasteiger partial charge in [-0.3, -0.25) is 9.97 Å². The van der Waals surface area contributed by atoms with E-state index in [2.05, 4.69) is 66.1 Å². The van der Waals surface area contributed by atoms with Gasteiger partial charge in [0.1, 0.15) is 11.5 Å². The zero-order valence-electron chi connectivity index (χ0n) is 38.1. The smallest absolute Gasteiger partial charge is 0.417 e. The first-order valence-electron chi connectivity index (χ1n) is 23.0. The highest BCUT2D eigenvalue weighted by molar-refractivity contribution is 9.10. The number of piperazine rings is 2. The molecule has 2 aromatic carbocycles. The molecular weight excluding hydrogens is 938 g/mol. The lowest BCUT2D eigenvalue weighted by Crippen LogP contribution is -2.44. The molecule has 1 N–H and O–H groups in total. The van der Waals surface area contributed by atoms with E-state index in [0.29, 0.717) is 35.8 Å². The van der Waals surface area contributed by atoms with Gasteiger partial charge in [-0.05, 0) is 148 Å². The predicted molar refractivity (Wildman–Crippen MR) is 249 cm³/mol. The lowest BCUT2D eigenvalue weighted by Gasteiger charge is -2.34. The van der Waals surface area contributed by atoms with Crippen LogP contribution in [0.5, 0.6) is 11.5 Å². The number of anilines is 1. The Morgan fingerprint density at radius 1 is 0.612 bits per heavy atom. The standard InChI is InChI=1S/C25H29F3N4O.C20H18BrF3N2O.C5H12N2/c1-31-8-10-32(11-9-31)21-14-23(17-30-16-21)33-22-6-3-18(4-7-22)12-19-2-5-20(15-29)24(13-19)25(26,27)28;21-16-9-18(12-26-11-16)27-17-5-2-13(3-6-17)7-14-1-4-15(10-25)19(8-14)20(22,23)24;1-7-4-2-6-3-5-7/h2,5,13-14,16-18,22H,3-4,6-12H2,1H3;1,4,8-9,11-13,17H,2-3,5-7H2;6H,2-5H2,1H3. The van der Waals surface area contributed by atoms with E-state index in [1.54, 1.807) is 42.9 Å². The molecule has 4 fully saturated rings. The fourth-order valence-corrected chi connectivity index (χ4v) is 9.35. The molecule has 0 spiro atoms. The van der Waals surface area contributed by atoms with Crippen LogP contribution in [0.15, 0.2) is 77.8 Å². The van der Waals surface area contributed by atoms with Gasteiger partial charge in [0.25, 0.3) is 0 Å². The Labute approximate surface area is 398 Å². The van der Waals surface area contributed by atoms with Gasteiger partial charge in [0.2, 0.25) is 0 Å². The second-order valence-electron chi connectivity index (χ2n) is 18.0. The molecule has 0 unspecified atom stereocenters. The van der Waals surface area contributed by atoms with E-state index in [1.165, 1.54) is 25.2 Å². The van der Waals surface area contributed by atoms with Gasteiger partial charge in [0.05, 0.1) is 70.9 Å². The second-order valence-corrected chi connectivity index (χ2v) is 18.9. The number of likely N-dealkylation sites (N-methyl/N-ethyl adjacent to an activating group) is 2. The highest BCUT2D eigenvalue weighted by Gasteiger charge is 2.35. The maximum Gasteiger partial charge on any atom is 0.417 e. The number of hydrogen-bond acceptors (Lipinski definition) is 10. The molecule has 4 heterocycles. The largest absolute Gasteiger partial charge is 0.489 e. The number of ether oxygens (including phenoxy) is 2. The van der Waals surface area contributed by atoms with E-state index in [-0.39, 0.29) is 23.3 Å². The zero-order chi connectivity index (χ0) is 48.0. The molecule has 2 saturated carbocycles. The molecule has 0 bridgehead atoms. The lowest BCUT2D eigenvalue weighted by atomic mass is 9.83. The van der Waals surface area contributed by atoms with E-state index in [4.69, 9.17) is 20.0 Å². The highest BCUT2D eigenvalue weighted by Crippen LogP contribution is 2.37. The molecular formula is C50H59BrF6N8O2. The van der Waals surface area contributed by atoms with E-state index in [9.17, 15) is 26.3 Å². The molecule has 10 nitrogen and oxygen atoms in total. The fourth-order valence-electron chi connectivity index (χ4n) is 9.00. The highest BCUT2D eigenvalue weighted by atomic mass is 79.9. The summed E-state index contributed by atoms with van der Waals surface area (Å²) >= 11 is 3.36. The Bertz CT molecular complexity index is 2270. The molecule has 0 amide bonds. The first kappa shape index (κ1) is 51.5.